The van der Waals surface area contributed by atoms with Gasteiger partial charge in [-0.25, -0.2) is 4.79 Å². The molecule has 0 heterocycles. The van der Waals surface area contributed by atoms with Crippen LogP contribution in [0.15, 0.2) is 54.6 Å². The van der Waals surface area contributed by atoms with Crippen LogP contribution in [0.4, 0.5) is 4.79 Å². The van der Waals surface area contributed by atoms with E-state index in [1.165, 1.54) is 6.92 Å². The number of aryl methyl sites for hydroxylation is 1. The van der Waals surface area contributed by atoms with Crippen LogP contribution in [-0.4, -0.2) is 43.4 Å². The van der Waals surface area contributed by atoms with E-state index in [2.05, 4.69) is 16.0 Å². The van der Waals surface area contributed by atoms with Crippen LogP contribution in [0, 0.1) is 0 Å². The Morgan fingerprint density at radius 1 is 0.839 bits per heavy atom. The first-order valence-electron chi connectivity index (χ1n) is 10.0. The van der Waals surface area contributed by atoms with Crippen LogP contribution >= 0.6 is 0 Å². The van der Waals surface area contributed by atoms with Crippen molar-refractivity contribution in [3.63, 3.8) is 0 Å². The van der Waals surface area contributed by atoms with Gasteiger partial charge in [0.25, 0.3) is 0 Å². The van der Waals surface area contributed by atoms with Gasteiger partial charge in [0.05, 0.1) is 0 Å². The van der Waals surface area contributed by atoms with Crippen molar-refractivity contribution in [3.05, 3.63) is 71.3 Å². The molecule has 0 aliphatic rings. The van der Waals surface area contributed by atoms with Gasteiger partial charge in [0.2, 0.25) is 5.91 Å². The number of ketones is 1. The second-order valence-electron chi connectivity index (χ2n) is 6.89. The van der Waals surface area contributed by atoms with E-state index < -0.39 is 18.6 Å². The van der Waals surface area contributed by atoms with E-state index >= 15 is 0 Å². The molecule has 0 unspecified atom stereocenters. The number of nitrogens with one attached hydrogen (secondary N) is 3. The summed E-state index contributed by atoms with van der Waals surface area (Å²) in [5, 5.41) is 7.75. The minimum absolute atomic E-state index is 0.0569. The molecular formula is C23H27N3O5. The molecule has 164 valence electrons. The van der Waals surface area contributed by atoms with Crippen LogP contribution in [0.3, 0.4) is 0 Å². The molecule has 0 aliphatic carbocycles. The molecule has 0 atom stereocenters. The van der Waals surface area contributed by atoms with Crippen LogP contribution in [0.2, 0.25) is 0 Å². The predicted molar refractivity (Wildman–Crippen MR) is 115 cm³/mol. The van der Waals surface area contributed by atoms with Gasteiger partial charge in [-0.05, 0) is 24.0 Å². The standard InChI is InChI=1S/C23H27N3O5/c1-17(27)24-13-5-8-18-9-11-20(12-10-18)21(28)16-31-22(29)15-26-23(30)25-14-19-6-3-2-4-7-19/h2-4,6-7,9-12H,5,8,13-16H2,1H3,(H,24,27)(H2,25,26,30). The molecule has 0 saturated carbocycles. The summed E-state index contributed by atoms with van der Waals surface area (Å²) in [6.07, 6.45) is 1.58. The first-order chi connectivity index (χ1) is 14.9. The monoisotopic (exact) mass is 425 g/mol. The molecule has 0 spiro atoms. The Morgan fingerprint density at radius 3 is 2.23 bits per heavy atom. The highest BCUT2D eigenvalue weighted by Gasteiger charge is 2.11. The van der Waals surface area contributed by atoms with Crippen molar-refractivity contribution in [1.82, 2.24) is 16.0 Å². The number of ether oxygens (including phenoxy) is 1. The Hall–Kier alpha value is -3.68. The average molecular weight is 425 g/mol. The van der Waals surface area contributed by atoms with E-state index in [4.69, 9.17) is 4.74 Å². The number of carbonyl (C=O) groups excluding carboxylic acids is 4. The number of hydrogen-bond acceptors (Lipinski definition) is 5. The van der Waals surface area contributed by atoms with Crippen LogP contribution < -0.4 is 16.0 Å². The molecule has 2 rings (SSSR count). The highest BCUT2D eigenvalue weighted by atomic mass is 16.5. The Morgan fingerprint density at radius 2 is 1.55 bits per heavy atom. The molecule has 3 N–H and O–H groups in total. The number of amides is 3. The number of hydrogen-bond donors (Lipinski definition) is 3. The minimum atomic E-state index is -0.696. The summed E-state index contributed by atoms with van der Waals surface area (Å²) in [4.78, 5) is 46.5. The molecule has 31 heavy (non-hydrogen) atoms. The molecular weight excluding hydrogens is 398 g/mol. The zero-order valence-electron chi connectivity index (χ0n) is 17.5. The normalized spacial score (nSPS) is 10.1. The van der Waals surface area contributed by atoms with Crippen LogP contribution in [0.25, 0.3) is 0 Å². The first-order valence-corrected chi connectivity index (χ1v) is 10.0. The fraction of sp³-hybridized carbons (Fsp3) is 0.304. The van der Waals surface area contributed by atoms with Gasteiger partial charge in [-0.15, -0.1) is 0 Å². The van der Waals surface area contributed by atoms with E-state index in [0.29, 0.717) is 18.7 Å². The highest BCUT2D eigenvalue weighted by Crippen LogP contribution is 2.08. The lowest BCUT2D eigenvalue weighted by Gasteiger charge is -2.08. The molecule has 2 aromatic rings. The quantitative estimate of drug-likeness (QED) is 0.289. The molecule has 0 saturated heterocycles. The van der Waals surface area contributed by atoms with Gasteiger partial charge in [-0.1, -0.05) is 54.6 Å². The van der Waals surface area contributed by atoms with Gasteiger partial charge in [0.15, 0.2) is 12.4 Å². The van der Waals surface area contributed by atoms with E-state index in [0.717, 1.165) is 24.0 Å². The Bertz CT molecular complexity index is 882. The summed E-state index contributed by atoms with van der Waals surface area (Å²) < 4.78 is 4.93. The minimum Gasteiger partial charge on any atom is -0.456 e. The third-order valence-electron chi connectivity index (χ3n) is 4.35. The van der Waals surface area contributed by atoms with E-state index in [1.807, 2.05) is 42.5 Å². The molecule has 0 radical (unpaired) electrons. The summed E-state index contributed by atoms with van der Waals surface area (Å²) in [6.45, 7) is 1.69. The molecule has 0 aromatic heterocycles. The molecule has 8 nitrogen and oxygen atoms in total. The number of carbonyl (C=O) groups is 4. The zero-order valence-corrected chi connectivity index (χ0v) is 17.5. The van der Waals surface area contributed by atoms with Crippen LogP contribution in [-0.2, 0) is 27.3 Å². The summed E-state index contributed by atoms with van der Waals surface area (Å²) in [5.41, 5.74) is 2.42. The lowest BCUT2D eigenvalue weighted by molar-refractivity contribution is -0.141. The predicted octanol–water partition coefficient (Wildman–Crippen LogP) is 1.98. The fourth-order valence-electron chi connectivity index (χ4n) is 2.69. The van der Waals surface area contributed by atoms with Crippen LogP contribution in [0.1, 0.15) is 34.8 Å². The summed E-state index contributed by atoms with van der Waals surface area (Å²) in [6, 6.07) is 15.9. The Kier molecular flexibility index (Phi) is 9.74. The fourth-order valence-corrected chi connectivity index (χ4v) is 2.69. The van der Waals surface area contributed by atoms with E-state index in [-0.39, 0.29) is 18.2 Å². The van der Waals surface area contributed by atoms with E-state index in [1.54, 1.807) is 12.1 Å². The molecule has 0 fully saturated rings. The maximum Gasteiger partial charge on any atom is 0.325 e. The van der Waals surface area contributed by atoms with Gasteiger partial charge < -0.3 is 20.7 Å². The summed E-state index contributed by atoms with van der Waals surface area (Å²) in [7, 11) is 0. The maximum absolute atomic E-state index is 12.2. The van der Waals surface area contributed by atoms with Crippen molar-refractivity contribution >= 4 is 23.7 Å². The third-order valence-corrected chi connectivity index (χ3v) is 4.35. The van der Waals surface area contributed by atoms with Gasteiger partial charge in [-0.2, -0.15) is 0 Å². The van der Waals surface area contributed by atoms with E-state index in [9.17, 15) is 19.2 Å². The first kappa shape index (κ1) is 23.6. The largest absolute Gasteiger partial charge is 0.456 e. The lowest BCUT2D eigenvalue weighted by atomic mass is 10.1. The van der Waals surface area contributed by atoms with Crippen LogP contribution in [0.5, 0.6) is 0 Å². The Balaban J connectivity index is 1.64. The highest BCUT2D eigenvalue weighted by molar-refractivity contribution is 5.98. The third kappa shape index (κ3) is 9.58. The molecule has 3 amide bonds. The van der Waals surface area contributed by atoms with Crippen molar-refractivity contribution in [2.24, 2.45) is 0 Å². The van der Waals surface area contributed by atoms with Crippen molar-refractivity contribution < 1.29 is 23.9 Å². The number of benzene rings is 2. The van der Waals surface area contributed by atoms with Gasteiger partial charge >= 0.3 is 12.0 Å². The number of Topliss-reactive ketones (excluding diaryl/α,β-unsaturated/α-hetero) is 1. The number of esters is 1. The topological polar surface area (TPSA) is 114 Å². The van der Waals surface area contributed by atoms with Crippen molar-refractivity contribution in [3.8, 4) is 0 Å². The van der Waals surface area contributed by atoms with Crippen molar-refractivity contribution in [2.75, 3.05) is 19.7 Å². The lowest BCUT2D eigenvalue weighted by Crippen LogP contribution is -2.38. The SMILES string of the molecule is CC(=O)NCCCc1ccc(C(=O)COC(=O)CNC(=O)NCc2ccccc2)cc1. The van der Waals surface area contributed by atoms with Crippen molar-refractivity contribution in [2.45, 2.75) is 26.3 Å². The van der Waals surface area contributed by atoms with Gasteiger partial charge in [0.1, 0.15) is 6.54 Å². The Labute approximate surface area is 181 Å². The maximum atomic E-state index is 12.2. The number of rotatable bonds is 11. The molecule has 2 aromatic carbocycles. The van der Waals surface area contributed by atoms with Crippen molar-refractivity contribution in [1.29, 1.82) is 0 Å². The molecule has 0 aliphatic heterocycles. The molecule has 0 bridgehead atoms. The van der Waals surface area contributed by atoms with Gasteiger partial charge in [-0.3, -0.25) is 14.4 Å². The number of urea groups is 1. The smallest absolute Gasteiger partial charge is 0.325 e. The van der Waals surface area contributed by atoms with Gasteiger partial charge in [0, 0.05) is 25.6 Å². The average Bonchev–Trinajstić information content (AvgIpc) is 2.78. The zero-order chi connectivity index (χ0) is 22.5. The second kappa shape index (κ2) is 12.8. The second-order valence-corrected chi connectivity index (χ2v) is 6.89. The summed E-state index contributed by atoms with van der Waals surface area (Å²) in [5.74, 6) is -1.08. The molecule has 8 heteroatoms. The summed E-state index contributed by atoms with van der Waals surface area (Å²) >= 11 is 0.